The molecule has 6 heteroatoms. The van der Waals surface area contributed by atoms with Crippen molar-refractivity contribution in [1.29, 1.82) is 0 Å². The van der Waals surface area contributed by atoms with E-state index in [2.05, 4.69) is 40.4 Å². The molecule has 1 atom stereocenters. The van der Waals surface area contributed by atoms with E-state index in [4.69, 9.17) is 4.74 Å². The second kappa shape index (κ2) is 11.3. The topological polar surface area (TPSA) is 67.4 Å². The van der Waals surface area contributed by atoms with Crippen molar-refractivity contribution in [1.82, 2.24) is 0 Å². The van der Waals surface area contributed by atoms with Crippen LogP contribution in [0.5, 0.6) is 5.75 Å². The SMILES string of the molecule is CCC(C)c1ccc(OCC(=O)Nc2cccc(NC(=O)C3CCCCC3)c2)c(Br)c1. The van der Waals surface area contributed by atoms with Crippen molar-refractivity contribution >= 4 is 39.1 Å². The van der Waals surface area contributed by atoms with Crippen LogP contribution in [0.1, 0.15) is 63.9 Å². The molecular weight excluding hydrogens is 456 g/mol. The summed E-state index contributed by atoms with van der Waals surface area (Å²) >= 11 is 3.53. The van der Waals surface area contributed by atoms with Crippen LogP contribution in [0.2, 0.25) is 0 Å². The van der Waals surface area contributed by atoms with Crippen LogP contribution in [0.3, 0.4) is 0 Å². The molecule has 2 aromatic carbocycles. The van der Waals surface area contributed by atoms with Gasteiger partial charge in [0.05, 0.1) is 4.47 Å². The van der Waals surface area contributed by atoms with Gasteiger partial charge in [-0.25, -0.2) is 0 Å². The summed E-state index contributed by atoms with van der Waals surface area (Å²) in [5, 5.41) is 5.82. The number of anilines is 2. The Hall–Kier alpha value is -2.34. The average Bonchev–Trinajstić information content (AvgIpc) is 2.78. The molecule has 2 aromatic rings. The Morgan fingerprint density at radius 2 is 1.77 bits per heavy atom. The number of ether oxygens (including phenoxy) is 1. The second-order valence-electron chi connectivity index (χ2n) is 8.24. The maximum Gasteiger partial charge on any atom is 0.262 e. The molecule has 1 aliphatic rings. The third-order valence-corrected chi connectivity index (χ3v) is 6.51. The molecule has 31 heavy (non-hydrogen) atoms. The molecule has 2 N–H and O–H groups in total. The van der Waals surface area contributed by atoms with E-state index < -0.39 is 0 Å². The van der Waals surface area contributed by atoms with E-state index in [1.165, 1.54) is 12.0 Å². The molecule has 0 aliphatic heterocycles. The minimum atomic E-state index is -0.256. The maximum absolute atomic E-state index is 12.5. The zero-order chi connectivity index (χ0) is 22.2. The summed E-state index contributed by atoms with van der Waals surface area (Å²) < 4.78 is 6.52. The monoisotopic (exact) mass is 486 g/mol. The van der Waals surface area contributed by atoms with Crippen LogP contribution in [0.15, 0.2) is 46.9 Å². The highest BCUT2D eigenvalue weighted by atomic mass is 79.9. The molecule has 3 rings (SSSR count). The number of rotatable bonds is 8. The van der Waals surface area contributed by atoms with Crippen molar-refractivity contribution < 1.29 is 14.3 Å². The third kappa shape index (κ3) is 6.82. The van der Waals surface area contributed by atoms with Crippen LogP contribution < -0.4 is 15.4 Å². The van der Waals surface area contributed by atoms with Crippen LogP contribution in [0.4, 0.5) is 11.4 Å². The van der Waals surface area contributed by atoms with Crippen LogP contribution in [0.25, 0.3) is 0 Å². The predicted octanol–water partition coefficient (Wildman–Crippen LogP) is 6.50. The molecule has 166 valence electrons. The summed E-state index contributed by atoms with van der Waals surface area (Å²) in [6.45, 7) is 4.24. The summed E-state index contributed by atoms with van der Waals surface area (Å²) in [5.74, 6) is 1.01. The van der Waals surface area contributed by atoms with E-state index in [9.17, 15) is 9.59 Å². The van der Waals surface area contributed by atoms with Gasteiger partial charge in [0.2, 0.25) is 5.91 Å². The van der Waals surface area contributed by atoms with E-state index in [-0.39, 0.29) is 24.3 Å². The molecule has 0 aromatic heterocycles. The number of nitrogens with one attached hydrogen (secondary N) is 2. The van der Waals surface area contributed by atoms with Crippen LogP contribution in [0, 0.1) is 5.92 Å². The fraction of sp³-hybridized carbons (Fsp3) is 0.440. The van der Waals surface area contributed by atoms with E-state index in [0.717, 1.165) is 36.6 Å². The van der Waals surface area contributed by atoms with Gasteiger partial charge in [0.25, 0.3) is 5.91 Å². The molecule has 1 saturated carbocycles. The Morgan fingerprint density at radius 1 is 1.06 bits per heavy atom. The molecule has 1 aliphatic carbocycles. The number of halogens is 1. The normalized spacial score (nSPS) is 15.2. The van der Waals surface area contributed by atoms with Gasteiger partial charge in [0, 0.05) is 17.3 Å². The first kappa shape index (κ1) is 23.3. The van der Waals surface area contributed by atoms with Crippen molar-refractivity contribution in [2.75, 3.05) is 17.2 Å². The van der Waals surface area contributed by atoms with Crippen LogP contribution in [-0.2, 0) is 9.59 Å². The van der Waals surface area contributed by atoms with Gasteiger partial charge in [-0.3, -0.25) is 9.59 Å². The lowest BCUT2D eigenvalue weighted by atomic mass is 9.88. The number of hydrogen-bond donors (Lipinski definition) is 2. The van der Waals surface area contributed by atoms with Gasteiger partial charge in [-0.2, -0.15) is 0 Å². The maximum atomic E-state index is 12.5. The minimum absolute atomic E-state index is 0.0669. The molecule has 1 fully saturated rings. The van der Waals surface area contributed by atoms with Gasteiger partial charge in [-0.05, 0) is 77.0 Å². The fourth-order valence-corrected chi connectivity index (χ4v) is 4.31. The Balaban J connectivity index is 1.52. The van der Waals surface area contributed by atoms with Gasteiger partial charge >= 0.3 is 0 Å². The Morgan fingerprint density at radius 3 is 2.45 bits per heavy atom. The number of hydrogen-bond acceptors (Lipinski definition) is 3. The molecule has 1 unspecified atom stereocenters. The fourth-order valence-electron chi connectivity index (χ4n) is 3.80. The predicted molar refractivity (Wildman–Crippen MR) is 129 cm³/mol. The Labute approximate surface area is 193 Å². The van der Waals surface area contributed by atoms with Gasteiger partial charge < -0.3 is 15.4 Å². The summed E-state index contributed by atoms with van der Waals surface area (Å²) in [7, 11) is 0. The number of amides is 2. The first-order valence-electron chi connectivity index (χ1n) is 11.1. The largest absolute Gasteiger partial charge is 0.483 e. The van der Waals surface area contributed by atoms with Gasteiger partial charge in [-0.15, -0.1) is 0 Å². The molecule has 0 radical (unpaired) electrons. The lowest BCUT2D eigenvalue weighted by Crippen LogP contribution is -2.25. The molecular formula is C25H31BrN2O3. The van der Waals surface area contributed by atoms with Crippen molar-refractivity contribution in [2.24, 2.45) is 5.92 Å². The zero-order valence-electron chi connectivity index (χ0n) is 18.2. The molecule has 0 spiro atoms. The number of carbonyl (C=O) groups excluding carboxylic acids is 2. The Bertz CT molecular complexity index is 909. The van der Waals surface area contributed by atoms with Gasteiger partial charge in [0.15, 0.2) is 6.61 Å². The van der Waals surface area contributed by atoms with Gasteiger partial charge in [0.1, 0.15) is 5.75 Å². The standard InChI is InChI=1S/C25H31BrN2O3/c1-3-17(2)19-12-13-23(22(26)14-19)31-16-24(29)27-20-10-7-11-21(15-20)28-25(30)18-8-5-4-6-9-18/h7,10-15,17-18H,3-6,8-9,16H2,1-2H3,(H,27,29)(H,28,30). The molecule has 5 nitrogen and oxygen atoms in total. The number of benzene rings is 2. The second-order valence-corrected chi connectivity index (χ2v) is 9.10. The summed E-state index contributed by atoms with van der Waals surface area (Å²) in [4.78, 5) is 24.8. The molecule has 0 bridgehead atoms. The summed E-state index contributed by atoms with van der Waals surface area (Å²) in [6.07, 6.45) is 6.41. The highest BCUT2D eigenvalue weighted by Crippen LogP contribution is 2.30. The van der Waals surface area contributed by atoms with E-state index in [1.807, 2.05) is 30.3 Å². The third-order valence-electron chi connectivity index (χ3n) is 5.89. The average molecular weight is 487 g/mol. The van der Waals surface area contributed by atoms with Crippen molar-refractivity contribution in [3.8, 4) is 5.75 Å². The molecule has 0 saturated heterocycles. The quantitative estimate of drug-likeness (QED) is 0.447. The van der Waals surface area contributed by atoms with Gasteiger partial charge in [-0.1, -0.05) is 45.2 Å². The van der Waals surface area contributed by atoms with Crippen LogP contribution >= 0.6 is 15.9 Å². The number of carbonyl (C=O) groups is 2. The lowest BCUT2D eigenvalue weighted by Gasteiger charge is -2.20. The first-order valence-corrected chi connectivity index (χ1v) is 11.9. The lowest BCUT2D eigenvalue weighted by molar-refractivity contribution is -0.120. The minimum Gasteiger partial charge on any atom is -0.483 e. The molecule has 0 heterocycles. The van der Waals surface area contributed by atoms with E-state index >= 15 is 0 Å². The summed E-state index contributed by atoms with van der Waals surface area (Å²) in [5.41, 5.74) is 2.55. The van der Waals surface area contributed by atoms with Crippen LogP contribution in [-0.4, -0.2) is 18.4 Å². The highest BCUT2D eigenvalue weighted by molar-refractivity contribution is 9.10. The van der Waals surface area contributed by atoms with Crippen molar-refractivity contribution in [3.63, 3.8) is 0 Å². The van der Waals surface area contributed by atoms with Crippen molar-refractivity contribution in [3.05, 3.63) is 52.5 Å². The van der Waals surface area contributed by atoms with E-state index in [1.54, 1.807) is 12.1 Å². The highest BCUT2D eigenvalue weighted by Gasteiger charge is 2.21. The van der Waals surface area contributed by atoms with Crippen molar-refractivity contribution in [2.45, 2.75) is 58.3 Å². The van der Waals surface area contributed by atoms with E-state index in [0.29, 0.717) is 23.0 Å². The summed E-state index contributed by atoms with van der Waals surface area (Å²) in [6, 6.07) is 13.2. The zero-order valence-corrected chi connectivity index (χ0v) is 19.8. The Kier molecular flexibility index (Phi) is 8.52. The smallest absolute Gasteiger partial charge is 0.262 e. The first-order chi connectivity index (χ1) is 15.0. The molecule has 2 amide bonds.